The summed E-state index contributed by atoms with van der Waals surface area (Å²) in [7, 11) is 3.66. The van der Waals surface area contributed by atoms with Crippen molar-refractivity contribution >= 4 is 11.9 Å². The normalized spacial score (nSPS) is 11.2. The molecule has 2 aromatic rings. The fourth-order valence-electron chi connectivity index (χ4n) is 1.79. The molecular weight excluding hydrogens is 310 g/mol. The summed E-state index contributed by atoms with van der Waals surface area (Å²) in [4.78, 5) is 26.2. The Hall–Kier alpha value is -2.71. The van der Waals surface area contributed by atoms with Crippen LogP contribution < -0.4 is 20.5 Å². The molecule has 0 saturated carbocycles. The predicted molar refractivity (Wildman–Crippen MR) is 91.8 cm³/mol. The van der Waals surface area contributed by atoms with E-state index in [0.717, 1.165) is 0 Å². The van der Waals surface area contributed by atoms with Gasteiger partial charge in [0.2, 0.25) is 17.8 Å². The van der Waals surface area contributed by atoms with Crippen LogP contribution in [0.25, 0.3) is 0 Å². The van der Waals surface area contributed by atoms with Crippen LogP contribution in [0.15, 0.2) is 16.9 Å². The van der Waals surface area contributed by atoms with Crippen LogP contribution in [0.1, 0.15) is 27.7 Å². The number of rotatable bonds is 5. The van der Waals surface area contributed by atoms with Gasteiger partial charge in [0.15, 0.2) is 0 Å². The monoisotopic (exact) mass is 333 g/mol. The molecule has 0 aliphatic rings. The highest BCUT2D eigenvalue weighted by Gasteiger charge is 2.16. The van der Waals surface area contributed by atoms with E-state index in [2.05, 4.69) is 25.4 Å². The lowest BCUT2D eigenvalue weighted by Crippen LogP contribution is -2.28. The molecule has 0 aliphatic heterocycles. The fraction of sp³-hybridized carbons (Fsp3) is 0.533. The number of ether oxygens (including phenoxy) is 1. The average molecular weight is 333 g/mol. The second-order valence-electron chi connectivity index (χ2n) is 6.44. The van der Waals surface area contributed by atoms with Gasteiger partial charge in [-0.05, 0) is 27.7 Å². The summed E-state index contributed by atoms with van der Waals surface area (Å²) in [5.74, 6) is 1.10. The van der Waals surface area contributed by atoms with Gasteiger partial charge in [0.05, 0.1) is 0 Å². The van der Waals surface area contributed by atoms with Crippen molar-refractivity contribution in [2.75, 3.05) is 24.3 Å². The van der Waals surface area contributed by atoms with Gasteiger partial charge in [-0.15, -0.1) is 5.10 Å². The summed E-state index contributed by atoms with van der Waals surface area (Å²) in [6.45, 7) is 8.30. The molecule has 0 fully saturated rings. The van der Waals surface area contributed by atoms with E-state index in [4.69, 9.17) is 4.74 Å². The molecule has 130 valence electrons. The quantitative estimate of drug-likeness (QED) is 0.879. The van der Waals surface area contributed by atoms with E-state index >= 15 is 0 Å². The minimum Gasteiger partial charge on any atom is -0.403 e. The highest BCUT2D eigenvalue weighted by atomic mass is 16.5. The molecular formula is C15H23N7O2. The van der Waals surface area contributed by atoms with Gasteiger partial charge < -0.3 is 15.0 Å². The van der Waals surface area contributed by atoms with Crippen LogP contribution >= 0.6 is 0 Å². The van der Waals surface area contributed by atoms with Gasteiger partial charge in [0.25, 0.3) is 5.56 Å². The summed E-state index contributed by atoms with van der Waals surface area (Å²) in [6.07, 6.45) is 0. The first-order valence-electron chi connectivity index (χ1n) is 7.65. The van der Waals surface area contributed by atoms with Gasteiger partial charge in [-0.1, -0.05) is 0 Å². The Morgan fingerprint density at radius 2 is 1.92 bits per heavy atom. The first-order chi connectivity index (χ1) is 11.2. The zero-order valence-corrected chi connectivity index (χ0v) is 14.9. The van der Waals surface area contributed by atoms with Crippen molar-refractivity contribution < 1.29 is 4.74 Å². The van der Waals surface area contributed by atoms with Crippen molar-refractivity contribution in [1.29, 1.82) is 0 Å². The number of hydrogen-bond acceptors (Lipinski definition) is 8. The summed E-state index contributed by atoms with van der Waals surface area (Å²) < 4.78 is 6.93. The maximum Gasteiger partial charge on any atom is 0.330 e. The SMILES string of the molecule is CCn1nc(Oc2nc(NC(C)(C)C)nc(N(C)C)n2)ccc1=O. The van der Waals surface area contributed by atoms with Crippen LogP contribution in [0.2, 0.25) is 0 Å². The largest absolute Gasteiger partial charge is 0.403 e. The fourth-order valence-corrected chi connectivity index (χ4v) is 1.79. The van der Waals surface area contributed by atoms with Crippen LogP contribution in [0.3, 0.4) is 0 Å². The lowest BCUT2D eigenvalue weighted by atomic mass is 10.1. The van der Waals surface area contributed by atoms with E-state index < -0.39 is 0 Å². The molecule has 0 unspecified atom stereocenters. The topological polar surface area (TPSA) is 98.1 Å². The molecule has 0 spiro atoms. The smallest absolute Gasteiger partial charge is 0.330 e. The van der Waals surface area contributed by atoms with E-state index in [1.165, 1.54) is 16.8 Å². The average Bonchev–Trinajstić information content (AvgIpc) is 2.47. The number of aromatic nitrogens is 5. The molecule has 24 heavy (non-hydrogen) atoms. The minimum atomic E-state index is -0.212. The lowest BCUT2D eigenvalue weighted by Gasteiger charge is -2.21. The van der Waals surface area contributed by atoms with Crippen molar-refractivity contribution in [1.82, 2.24) is 24.7 Å². The van der Waals surface area contributed by atoms with E-state index in [-0.39, 0.29) is 23.0 Å². The van der Waals surface area contributed by atoms with E-state index in [0.29, 0.717) is 18.4 Å². The van der Waals surface area contributed by atoms with Crippen LogP contribution in [-0.4, -0.2) is 44.4 Å². The molecule has 0 atom stereocenters. The van der Waals surface area contributed by atoms with Gasteiger partial charge in [-0.2, -0.15) is 15.0 Å². The zero-order valence-electron chi connectivity index (χ0n) is 14.9. The highest BCUT2D eigenvalue weighted by Crippen LogP contribution is 2.20. The predicted octanol–water partition coefficient (Wildman–Crippen LogP) is 1.52. The molecule has 9 nitrogen and oxygen atoms in total. The minimum absolute atomic E-state index is 0.106. The maximum absolute atomic E-state index is 11.6. The summed E-state index contributed by atoms with van der Waals surface area (Å²) >= 11 is 0. The molecule has 0 amide bonds. The molecule has 0 aromatic carbocycles. The van der Waals surface area contributed by atoms with Crippen molar-refractivity contribution in [3.8, 4) is 11.9 Å². The van der Waals surface area contributed by atoms with Gasteiger partial charge in [-0.25, -0.2) is 4.68 Å². The van der Waals surface area contributed by atoms with Gasteiger partial charge in [0.1, 0.15) is 0 Å². The second-order valence-corrected chi connectivity index (χ2v) is 6.44. The summed E-state index contributed by atoms with van der Waals surface area (Å²) in [5.41, 5.74) is -0.403. The van der Waals surface area contributed by atoms with E-state index in [9.17, 15) is 4.79 Å². The van der Waals surface area contributed by atoms with Crippen molar-refractivity contribution in [2.45, 2.75) is 39.8 Å². The summed E-state index contributed by atoms with van der Waals surface area (Å²) in [6, 6.07) is 2.99. The Morgan fingerprint density at radius 1 is 1.21 bits per heavy atom. The first-order valence-corrected chi connectivity index (χ1v) is 7.65. The molecule has 0 saturated heterocycles. The van der Waals surface area contributed by atoms with E-state index in [1.807, 2.05) is 41.8 Å². The van der Waals surface area contributed by atoms with Crippen molar-refractivity contribution in [3.63, 3.8) is 0 Å². The Bertz CT molecular complexity index is 765. The van der Waals surface area contributed by atoms with Gasteiger partial charge in [-0.3, -0.25) is 4.79 Å². The molecule has 9 heteroatoms. The number of aryl methyl sites for hydroxylation is 1. The molecule has 1 N–H and O–H groups in total. The molecule has 0 aliphatic carbocycles. The van der Waals surface area contributed by atoms with Crippen LogP contribution in [-0.2, 0) is 6.54 Å². The van der Waals surface area contributed by atoms with Crippen molar-refractivity contribution in [3.05, 3.63) is 22.5 Å². The molecule has 0 radical (unpaired) electrons. The van der Waals surface area contributed by atoms with Crippen LogP contribution in [0.4, 0.5) is 11.9 Å². The Morgan fingerprint density at radius 3 is 2.50 bits per heavy atom. The first kappa shape index (κ1) is 17.6. The van der Waals surface area contributed by atoms with Crippen LogP contribution in [0.5, 0.6) is 11.9 Å². The second kappa shape index (κ2) is 6.81. The number of hydrogen-bond donors (Lipinski definition) is 1. The Labute approximate surface area is 140 Å². The Kier molecular flexibility index (Phi) is 5.01. The third-order valence-corrected chi connectivity index (χ3v) is 2.83. The molecule has 2 heterocycles. The zero-order chi connectivity index (χ0) is 17.9. The van der Waals surface area contributed by atoms with Crippen LogP contribution in [0, 0.1) is 0 Å². The molecule has 2 aromatic heterocycles. The van der Waals surface area contributed by atoms with Gasteiger partial charge >= 0.3 is 6.01 Å². The number of anilines is 2. The third kappa shape index (κ3) is 4.64. The molecule has 0 bridgehead atoms. The molecule has 2 rings (SSSR count). The lowest BCUT2D eigenvalue weighted by molar-refractivity contribution is 0.401. The Balaban J connectivity index is 2.36. The number of nitrogens with one attached hydrogen (secondary N) is 1. The third-order valence-electron chi connectivity index (χ3n) is 2.83. The summed E-state index contributed by atoms with van der Waals surface area (Å²) in [5, 5.41) is 7.30. The standard InChI is InChI=1S/C15H23N7O2/c1-7-22-11(23)9-8-10(20-22)24-14-17-12(19-15(2,3)4)16-13(18-14)21(5)6/h8-9H,7H2,1-6H3,(H,16,17,18,19). The van der Waals surface area contributed by atoms with Crippen molar-refractivity contribution in [2.24, 2.45) is 0 Å². The number of nitrogens with zero attached hydrogens (tertiary/aromatic N) is 6. The highest BCUT2D eigenvalue weighted by molar-refractivity contribution is 5.38. The van der Waals surface area contributed by atoms with E-state index in [1.54, 1.807) is 4.90 Å². The maximum atomic E-state index is 11.6. The van der Waals surface area contributed by atoms with Gasteiger partial charge in [0, 0.05) is 38.3 Å².